The average Bonchev–Trinajstić information content (AvgIpc) is 2.89. The van der Waals surface area contributed by atoms with E-state index in [-0.39, 0.29) is 11.5 Å². The van der Waals surface area contributed by atoms with E-state index < -0.39 is 0 Å². The van der Waals surface area contributed by atoms with Crippen molar-refractivity contribution in [2.45, 2.75) is 56.4 Å². The summed E-state index contributed by atoms with van der Waals surface area (Å²) >= 11 is 0. The summed E-state index contributed by atoms with van der Waals surface area (Å²) in [7, 11) is 2.01. The summed E-state index contributed by atoms with van der Waals surface area (Å²) < 4.78 is 0. The van der Waals surface area contributed by atoms with Gasteiger partial charge in [-0.15, -0.1) is 0 Å². The van der Waals surface area contributed by atoms with Crippen molar-refractivity contribution in [3.05, 3.63) is 35.9 Å². The Morgan fingerprint density at radius 1 is 1.08 bits per heavy atom. The SMILES string of the molecule is CN1C(=O)[C@H](c2ccccc2)CC12CCN(CCCCCCO)CC2. The summed E-state index contributed by atoms with van der Waals surface area (Å²) in [6.45, 7) is 3.66. The van der Waals surface area contributed by atoms with Crippen LogP contribution in [-0.2, 0) is 4.79 Å². The van der Waals surface area contributed by atoms with E-state index in [0.29, 0.717) is 12.5 Å². The molecule has 2 aliphatic heterocycles. The summed E-state index contributed by atoms with van der Waals surface area (Å²) in [6, 6.07) is 10.3. The second kappa shape index (κ2) is 8.33. The minimum absolute atomic E-state index is 0.0382. The zero-order valence-electron chi connectivity index (χ0n) is 15.5. The Bertz CT molecular complexity index is 552. The van der Waals surface area contributed by atoms with E-state index >= 15 is 0 Å². The van der Waals surface area contributed by atoms with Gasteiger partial charge in [0.2, 0.25) is 5.91 Å². The van der Waals surface area contributed by atoms with E-state index in [9.17, 15) is 4.79 Å². The summed E-state index contributed by atoms with van der Waals surface area (Å²) in [5.41, 5.74) is 1.23. The normalized spacial score (nSPS) is 23.5. The van der Waals surface area contributed by atoms with E-state index in [2.05, 4.69) is 21.9 Å². The number of unbranched alkanes of at least 4 members (excludes halogenated alkanes) is 3. The topological polar surface area (TPSA) is 43.8 Å². The van der Waals surface area contributed by atoms with Crippen LogP contribution < -0.4 is 0 Å². The summed E-state index contributed by atoms with van der Waals surface area (Å²) in [5, 5.41) is 8.84. The molecule has 4 heteroatoms. The van der Waals surface area contributed by atoms with Crippen LogP contribution in [0.5, 0.6) is 0 Å². The summed E-state index contributed by atoms with van der Waals surface area (Å²) in [4.78, 5) is 17.4. The molecular formula is C21H32N2O2. The van der Waals surface area contributed by atoms with Crippen molar-refractivity contribution < 1.29 is 9.90 Å². The van der Waals surface area contributed by atoms with Gasteiger partial charge in [0.05, 0.1) is 5.92 Å². The molecule has 2 heterocycles. The van der Waals surface area contributed by atoms with Crippen molar-refractivity contribution in [2.75, 3.05) is 33.3 Å². The van der Waals surface area contributed by atoms with Gasteiger partial charge in [-0.1, -0.05) is 43.2 Å². The molecule has 1 N–H and O–H groups in total. The van der Waals surface area contributed by atoms with Crippen molar-refractivity contribution in [1.82, 2.24) is 9.80 Å². The maximum absolute atomic E-state index is 12.8. The molecule has 0 bridgehead atoms. The highest BCUT2D eigenvalue weighted by Crippen LogP contribution is 2.44. The number of carbonyl (C=O) groups is 1. The second-order valence-electron chi connectivity index (χ2n) is 7.77. The third kappa shape index (κ3) is 4.06. The molecule has 138 valence electrons. The van der Waals surface area contributed by atoms with Crippen molar-refractivity contribution >= 4 is 5.91 Å². The number of hydrogen-bond acceptors (Lipinski definition) is 3. The van der Waals surface area contributed by atoms with Crippen LogP contribution in [0.25, 0.3) is 0 Å². The highest BCUT2D eigenvalue weighted by Gasteiger charge is 2.50. The monoisotopic (exact) mass is 344 g/mol. The molecule has 3 rings (SSSR count). The molecule has 0 unspecified atom stereocenters. The van der Waals surface area contributed by atoms with Crippen LogP contribution in [0.2, 0.25) is 0 Å². The number of carbonyl (C=O) groups excluding carboxylic acids is 1. The molecule has 1 aromatic carbocycles. The first kappa shape index (κ1) is 18.4. The second-order valence-corrected chi connectivity index (χ2v) is 7.77. The molecule has 0 radical (unpaired) electrons. The van der Waals surface area contributed by atoms with E-state index in [4.69, 9.17) is 5.11 Å². The van der Waals surface area contributed by atoms with Crippen molar-refractivity contribution in [3.8, 4) is 0 Å². The molecule has 25 heavy (non-hydrogen) atoms. The van der Waals surface area contributed by atoms with E-state index in [0.717, 1.165) is 51.7 Å². The van der Waals surface area contributed by atoms with Gasteiger partial charge in [0.15, 0.2) is 0 Å². The number of hydrogen-bond donors (Lipinski definition) is 1. The van der Waals surface area contributed by atoms with Gasteiger partial charge in [0.25, 0.3) is 0 Å². The lowest BCUT2D eigenvalue weighted by molar-refractivity contribution is -0.131. The van der Waals surface area contributed by atoms with Crippen LogP contribution in [0.15, 0.2) is 30.3 Å². The molecule has 0 aromatic heterocycles. The largest absolute Gasteiger partial charge is 0.396 e. The number of amides is 1. The van der Waals surface area contributed by atoms with E-state index in [1.165, 1.54) is 18.4 Å². The fraction of sp³-hybridized carbons (Fsp3) is 0.667. The Labute approximate surface area is 151 Å². The smallest absolute Gasteiger partial charge is 0.230 e. The first-order chi connectivity index (χ1) is 12.2. The van der Waals surface area contributed by atoms with Crippen LogP contribution in [0.3, 0.4) is 0 Å². The molecule has 2 saturated heterocycles. The number of aliphatic hydroxyl groups excluding tert-OH is 1. The lowest BCUT2D eigenvalue weighted by Crippen LogP contribution is -2.51. The van der Waals surface area contributed by atoms with Gasteiger partial charge in [-0.3, -0.25) is 4.79 Å². The Morgan fingerprint density at radius 3 is 2.44 bits per heavy atom. The third-order valence-corrected chi connectivity index (χ3v) is 6.30. The first-order valence-corrected chi connectivity index (χ1v) is 9.82. The van der Waals surface area contributed by atoms with Crippen LogP contribution in [0, 0.1) is 0 Å². The van der Waals surface area contributed by atoms with Gasteiger partial charge in [-0.2, -0.15) is 0 Å². The van der Waals surface area contributed by atoms with Crippen molar-refractivity contribution in [3.63, 3.8) is 0 Å². The zero-order chi connectivity index (χ0) is 17.7. The van der Waals surface area contributed by atoms with Crippen molar-refractivity contribution in [1.29, 1.82) is 0 Å². The van der Waals surface area contributed by atoms with Gasteiger partial charge in [-0.25, -0.2) is 0 Å². The predicted molar refractivity (Wildman–Crippen MR) is 101 cm³/mol. The number of likely N-dealkylation sites (tertiary alicyclic amines) is 2. The molecule has 1 atom stereocenters. The number of benzene rings is 1. The molecule has 0 saturated carbocycles. The average molecular weight is 344 g/mol. The lowest BCUT2D eigenvalue weighted by atomic mass is 9.81. The summed E-state index contributed by atoms with van der Waals surface area (Å²) in [6.07, 6.45) is 7.63. The van der Waals surface area contributed by atoms with E-state index in [1.807, 2.05) is 25.2 Å². The maximum Gasteiger partial charge on any atom is 0.230 e. The molecule has 1 spiro atoms. The molecule has 0 aliphatic carbocycles. The highest BCUT2D eigenvalue weighted by molar-refractivity contribution is 5.87. The van der Waals surface area contributed by atoms with Gasteiger partial charge in [-0.05, 0) is 44.2 Å². The quantitative estimate of drug-likeness (QED) is 0.773. The summed E-state index contributed by atoms with van der Waals surface area (Å²) in [5.74, 6) is 0.333. The Hall–Kier alpha value is -1.39. The van der Waals surface area contributed by atoms with Crippen LogP contribution in [0.4, 0.5) is 0 Å². The lowest BCUT2D eigenvalue weighted by Gasteiger charge is -2.43. The Morgan fingerprint density at radius 2 is 1.76 bits per heavy atom. The molecule has 4 nitrogen and oxygen atoms in total. The molecular weight excluding hydrogens is 312 g/mol. The molecule has 2 fully saturated rings. The van der Waals surface area contributed by atoms with Gasteiger partial charge in [0, 0.05) is 32.3 Å². The number of nitrogens with zero attached hydrogens (tertiary/aromatic N) is 2. The number of likely N-dealkylation sites (N-methyl/N-ethyl adjacent to an activating group) is 1. The highest BCUT2D eigenvalue weighted by atomic mass is 16.2. The third-order valence-electron chi connectivity index (χ3n) is 6.30. The first-order valence-electron chi connectivity index (χ1n) is 9.82. The molecule has 1 amide bonds. The fourth-order valence-electron chi connectivity index (χ4n) is 4.55. The van der Waals surface area contributed by atoms with Crippen LogP contribution in [0.1, 0.15) is 56.4 Å². The number of piperidine rings is 1. The molecule has 1 aromatic rings. The minimum atomic E-state index is 0.0382. The molecule has 2 aliphatic rings. The predicted octanol–water partition coefficient (Wildman–Crippen LogP) is 3.02. The zero-order valence-corrected chi connectivity index (χ0v) is 15.5. The fourth-order valence-corrected chi connectivity index (χ4v) is 4.55. The van der Waals surface area contributed by atoms with Gasteiger partial charge >= 0.3 is 0 Å². The van der Waals surface area contributed by atoms with Crippen LogP contribution in [-0.4, -0.2) is 59.6 Å². The minimum Gasteiger partial charge on any atom is -0.396 e. The van der Waals surface area contributed by atoms with Gasteiger partial charge < -0.3 is 14.9 Å². The number of aliphatic hydroxyl groups is 1. The van der Waals surface area contributed by atoms with Crippen molar-refractivity contribution in [2.24, 2.45) is 0 Å². The maximum atomic E-state index is 12.8. The van der Waals surface area contributed by atoms with Gasteiger partial charge in [0.1, 0.15) is 0 Å². The van der Waals surface area contributed by atoms with E-state index in [1.54, 1.807) is 0 Å². The standard InChI is InChI=1S/C21H32N2O2/c1-22-20(25)19(18-9-5-4-6-10-18)17-21(22)11-14-23(15-12-21)13-7-2-3-8-16-24/h4-6,9-10,19,24H,2-3,7-8,11-17H2,1H3/t19-/m0/s1. The number of rotatable bonds is 7. The Balaban J connectivity index is 1.53. The Kier molecular flexibility index (Phi) is 6.13. The van der Waals surface area contributed by atoms with Crippen LogP contribution >= 0.6 is 0 Å².